The van der Waals surface area contributed by atoms with Crippen LogP contribution in [0.25, 0.3) is 0 Å². The van der Waals surface area contributed by atoms with Crippen LogP contribution in [0.2, 0.25) is 0 Å². The monoisotopic (exact) mass is 368 g/mol. The predicted molar refractivity (Wildman–Crippen MR) is 108 cm³/mol. The summed E-state index contributed by atoms with van der Waals surface area (Å²) in [4.78, 5) is 27.3. The van der Waals surface area contributed by atoms with Crippen molar-refractivity contribution < 1.29 is 9.59 Å². The molecule has 2 amide bonds. The fourth-order valence-corrected chi connectivity index (χ4v) is 3.66. The summed E-state index contributed by atoms with van der Waals surface area (Å²) in [5.41, 5.74) is 3.15. The topological polar surface area (TPSA) is 49.4 Å². The minimum Gasteiger partial charge on any atom is -0.343 e. The van der Waals surface area contributed by atoms with Crippen LogP contribution in [-0.2, 0) is 22.4 Å². The number of nitrogens with one attached hydrogen (secondary N) is 1. The van der Waals surface area contributed by atoms with Gasteiger partial charge < -0.3 is 10.2 Å². The molecule has 0 radical (unpaired) electrons. The number of rotatable bonds is 5. The van der Waals surface area contributed by atoms with Crippen LogP contribution in [0.5, 0.6) is 0 Å². The maximum Gasteiger partial charge on any atom is 0.249 e. The molecule has 0 fully saturated rings. The molecule has 5 heteroatoms. The summed E-state index contributed by atoms with van der Waals surface area (Å²) < 4.78 is 0. The molecule has 4 nitrogen and oxygen atoms in total. The molecule has 0 spiro atoms. The summed E-state index contributed by atoms with van der Waals surface area (Å²) >= 11 is 4.45. The Hall–Kier alpha value is -2.27. The Morgan fingerprint density at radius 1 is 1.19 bits per heavy atom. The molecular weight excluding hydrogens is 344 g/mol. The number of thiol groups is 1. The number of fused-ring (bicyclic) bond motifs is 1. The molecule has 2 aromatic rings. The lowest BCUT2D eigenvalue weighted by molar-refractivity contribution is -0.127. The average molecular weight is 369 g/mol. The number of likely N-dealkylation sites (N-methyl/N-ethyl adjacent to an activating group) is 1. The molecule has 2 aromatic carbocycles. The minimum atomic E-state index is -0.514. The van der Waals surface area contributed by atoms with Crippen molar-refractivity contribution in [3.05, 3.63) is 65.7 Å². The molecule has 3 rings (SSSR count). The molecule has 0 bridgehead atoms. The molecule has 1 N–H and O–H groups in total. The Balaban J connectivity index is 1.69. The van der Waals surface area contributed by atoms with E-state index in [1.165, 1.54) is 0 Å². The van der Waals surface area contributed by atoms with E-state index in [1.807, 2.05) is 61.5 Å². The highest BCUT2D eigenvalue weighted by Gasteiger charge is 2.31. The average Bonchev–Trinajstić information content (AvgIpc) is 2.79. The van der Waals surface area contributed by atoms with Gasteiger partial charge in [0.25, 0.3) is 0 Å². The number of hydrogen-bond donors (Lipinski definition) is 2. The summed E-state index contributed by atoms with van der Waals surface area (Å²) in [5, 5.41) is 2.44. The fourth-order valence-electron chi connectivity index (χ4n) is 3.37. The van der Waals surface area contributed by atoms with Crippen LogP contribution in [-0.4, -0.2) is 29.7 Å². The molecule has 1 heterocycles. The highest BCUT2D eigenvalue weighted by atomic mass is 32.1. The lowest BCUT2D eigenvalue weighted by Crippen LogP contribution is -2.50. The number of nitrogens with zero attached hydrogens (tertiary/aromatic N) is 1. The third-order valence-corrected chi connectivity index (χ3v) is 5.17. The van der Waals surface area contributed by atoms with E-state index in [-0.39, 0.29) is 11.8 Å². The zero-order valence-corrected chi connectivity index (χ0v) is 15.8. The second-order valence-electron chi connectivity index (χ2n) is 6.52. The molecule has 1 aliphatic heterocycles. The largest absolute Gasteiger partial charge is 0.343 e. The molecule has 2 atom stereocenters. The molecular formula is C21H24N2O2S. The molecule has 0 saturated carbocycles. The van der Waals surface area contributed by atoms with Crippen LogP contribution < -0.4 is 10.2 Å². The van der Waals surface area contributed by atoms with Crippen LogP contribution in [0.3, 0.4) is 0 Å². The SMILES string of the molecule is CCN1C(=O)C(NC(=O)[C@@H](S)Cc2ccccc2)CCc2ccccc21. The number of benzene rings is 2. The molecule has 1 unspecified atom stereocenters. The van der Waals surface area contributed by atoms with E-state index < -0.39 is 11.3 Å². The Bertz CT molecular complexity index is 779. The third-order valence-electron chi connectivity index (χ3n) is 4.76. The number of aryl methyl sites for hydroxylation is 1. The molecule has 136 valence electrons. The number of para-hydroxylation sites is 1. The zero-order valence-electron chi connectivity index (χ0n) is 14.9. The summed E-state index contributed by atoms with van der Waals surface area (Å²) in [5.74, 6) is -0.247. The summed E-state index contributed by atoms with van der Waals surface area (Å²) in [7, 11) is 0. The number of hydrogen-bond acceptors (Lipinski definition) is 3. The lowest BCUT2D eigenvalue weighted by Gasteiger charge is -2.25. The standard InChI is InChI=1S/C21H24N2O2S/c1-2-23-18-11-7-6-10-16(18)12-13-17(21(23)25)22-20(24)19(26)14-15-8-4-3-5-9-15/h3-11,17,19,26H,2,12-14H2,1H3,(H,22,24)/t17?,19-/m0/s1. The van der Waals surface area contributed by atoms with Crippen molar-refractivity contribution in [2.75, 3.05) is 11.4 Å². The first kappa shape index (κ1) is 18.5. The predicted octanol–water partition coefficient (Wildman–Crippen LogP) is 3.01. The Morgan fingerprint density at radius 2 is 1.88 bits per heavy atom. The smallest absolute Gasteiger partial charge is 0.249 e. The molecule has 0 aromatic heterocycles. The van der Waals surface area contributed by atoms with E-state index in [2.05, 4.69) is 17.9 Å². The second kappa shape index (κ2) is 8.41. The van der Waals surface area contributed by atoms with E-state index in [1.54, 1.807) is 4.90 Å². The van der Waals surface area contributed by atoms with Gasteiger partial charge in [-0.25, -0.2) is 0 Å². The fraction of sp³-hybridized carbons (Fsp3) is 0.333. The number of carbonyl (C=O) groups excluding carboxylic acids is 2. The van der Waals surface area contributed by atoms with Gasteiger partial charge in [0.2, 0.25) is 11.8 Å². The first-order valence-corrected chi connectivity index (χ1v) is 9.53. The van der Waals surface area contributed by atoms with Crippen molar-refractivity contribution in [2.45, 2.75) is 37.5 Å². The van der Waals surface area contributed by atoms with Gasteiger partial charge in [-0.3, -0.25) is 9.59 Å². The second-order valence-corrected chi connectivity index (χ2v) is 7.14. The first-order valence-electron chi connectivity index (χ1n) is 9.01. The number of carbonyl (C=O) groups is 2. The van der Waals surface area contributed by atoms with Crippen LogP contribution in [0.1, 0.15) is 24.5 Å². The van der Waals surface area contributed by atoms with Gasteiger partial charge >= 0.3 is 0 Å². The van der Waals surface area contributed by atoms with Crippen LogP contribution in [0.15, 0.2) is 54.6 Å². The lowest BCUT2D eigenvalue weighted by atomic mass is 10.1. The van der Waals surface area contributed by atoms with Gasteiger partial charge in [-0.05, 0) is 43.4 Å². The van der Waals surface area contributed by atoms with Gasteiger partial charge in [0, 0.05) is 12.2 Å². The maximum atomic E-state index is 12.9. The number of amides is 2. The van der Waals surface area contributed by atoms with Crippen LogP contribution in [0.4, 0.5) is 5.69 Å². The summed E-state index contributed by atoms with van der Waals surface area (Å²) in [6.07, 6.45) is 1.90. The summed E-state index contributed by atoms with van der Waals surface area (Å²) in [6.45, 7) is 2.53. The van der Waals surface area contributed by atoms with Gasteiger partial charge in [-0.15, -0.1) is 0 Å². The van der Waals surface area contributed by atoms with E-state index in [0.29, 0.717) is 19.4 Å². The van der Waals surface area contributed by atoms with E-state index in [0.717, 1.165) is 23.2 Å². The van der Waals surface area contributed by atoms with Crippen molar-refractivity contribution in [3.8, 4) is 0 Å². The van der Waals surface area contributed by atoms with Gasteiger partial charge in [0.15, 0.2) is 0 Å². The Morgan fingerprint density at radius 3 is 2.62 bits per heavy atom. The Labute approximate surface area is 160 Å². The van der Waals surface area contributed by atoms with Crippen LogP contribution in [0, 0.1) is 0 Å². The van der Waals surface area contributed by atoms with E-state index in [4.69, 9.17) is 0 Å². The molecule has 0 saturated heterocycles. The third kappa shape index (κ3) is 4.10. The van der Waals surface area contributed by atoms with Crippen molar-refractivity contribution in [2.24, 2.45) is 0 Å². The molecule has 0 aliphatic carbocycles. The minimum absolute atomic E-state index is 0.0500. The zero-order chi connectivity index (χ0) is 18.5. The molecule has 26 heavy (non-hydrogen) atoms. The first-order chi connectivity index (χ1) is 12.6. The van der Waals surface area contributed by atoms with Crippen molar-refractivity contribution in [1.29, 1.82) is 0 Å². The summed E-state index contributed by atoms with van der Waals surface area (Å²) in [6, 6.07) is 17.2. The maximum absolute atomic E-state index is 12.9. The highest BCUT2D eigenvalue weighted by molar-refractivity contribution is 7.81. The van der Waals surface area contributed by atoms with Gasteiger partial charge in [-0.1, -0.05) is 48.5 Å². The Kier molecular flexibility index (Phi) is 5.99. The highest BCUT2D eigenvalue weighted by Crippen LogP contribution is 2.26. The quantitative estimate of drug-likeness (QED) is 0.797. The van der Waals surface area contributed by atoms with Crippen LogP contribution >= 0.6 is 12.6 Å². The number of anilines is 1. The van der Waals surface area contributed by atoms with Gasteiger partial charge in [-0.2, -0.15) is 12.6 Å². The van der Waals surface area contributed by atoms with E-state index >= 15 is 0 Å². The van der Waals surface area contributed by atoms with Crippen molar-refractivity contribution in [1.82, 2.24) is 5.32 Å². The normalized spacial score (nSPS) is 18.0. The van der Waals surface area contributed by atoms with Gasteiger partial charge in [0.1, 0.15) is 6.04 Å². The van der Waals surface area contributed by atoms with E-state index in [9.17, 15) is 9.59 Å². The molecule has 1 aliphatic rings. The van der Waals surface area contributed by atoms with Crippen molar-refractivity contribution >= 4 is 30.1 Å². The van der Waals surface area contributed by atoms with Gasteiger partial charge in [0.05, 0.1) is 5.25 Å². The van der Waals surface area contributed by atoms with Crippen molar-refractivity contribution in [3.63, 3.8) is 0 Å².